The van der Waals surface area contributed by atoms with Crippen LogP contribution >= 0.6 is 0 Å². The van der Waals surface area contributed by atoms with Crippen LogP contribution in [0.1, 0.15) is 31.7 Å². The number of ketones is 1. The second-order valence-electron chi connectivity index (χ2n) is 3.57. The van der Waals surface area contributed by atoms with Gasteiger partial charge in [0.1, 0.15) is 5.78 Å². The van der Waals surface area contributed by atoms with Gasteiger partial charge in [0.15, 0.2) is 11.6 Å². The maximum absolute atomic E-state index is 12.8. The summed E-state index contributed by atoms with van der Waals surface area (Å²) in [6, 6.07) is 3.58. The maximum Gasteiger partial charge on any atom is 0.159 e. The van der Waals surface area contributed by atoms with E-state index < -0.39 is 11.6 Å². The maximum atomic E-state index is 12.8. The largest absolute Gasteiger partial charge is 0.299 e. The van der Waals surface area contributed by atoms with Crippen molar-refractivity contribution in [2.75, 3.05) is 0 Å². The Morgan fingerprint density at radius 1 is 1.27 bits per heavy atom. The molecule has 0 aromatic heterocycles. The van der Waals surface area contributed by atoms with Gasteiger partial charge in [0.2, 0.25) is 0 Å². The van der Waals surface area contributed by atoms with Crippen molar-refractivity contribution in [1.82, 2.24) is 0 Å². The first kappa shape index (κ1) is 11.8. The molecule has 0 spiro atoms. The molecule has 1 rings (SSSR count). The number of carbonyl (C=O) groups excluding carboxylic acids is 1. The van der Waals surface area contributed by atoms with Gasteiger partial charge < -0.3 is 0 Å². The Morgan fingerprint density at radius 2 is 2.00 bits per heavy atom. The highest BCUT2D eigenvalue weighted by atomic mass is 19.2. The van der Waals surface area contributed by atoms with Crippen LogP contribution in [0.25, 0.3) is 0 Å². The fourth-order valence-electron chi connectivity index (χ4n) is 1.34. The minimum atomic E-state index is -0.893. The van der Waals surface area contributed by atoms with E-state index in [9.17, 15) is 13.6 Å². The number of rotatable bonds is 5. The van der Waals surface area contributed by atoms with E-state index in [1.807, 2.05) is 6.92 Å². The minimum Gasteiger partial charge on any atom is -0.299 e. The molecule has 0 atom stereocenters. The van der Waals surface area contributed by atoms with Crippen molar-refractivity contribution < 1.29 is 13.6 Å². The van der Waals surface area contributed by atoms with E-state index in [2.05, 4.69) is 0 Å². The molecule has 0 aliphatic heterocycles. The van der Waals surface area contributed by atoms with Gasteiger partial charge in [0.05, 0.1) is 0 Å². The van der Waals surface area contributed by atoms with Gasteiger partial charge in [-0.2, -0.15) is 0 Å². The number of hydrogen-bond donors (Lipinski definition) is 0. The van der Waals surface area contributed by atoms with Crippen molar-refractivity contribution in [2.24, 2.45) is 0 Å². The lowest BCUT2D eigenvalue weighted by atomic mass is 10.0. The van der Waals surface area contributed by atoms with Crippen molar-refractivity contribution >= 4 is 5.78 Å². The third-order valence-electron chi connectivity index (χ3n) is 2.19. The zero-order valence-corrected chi connectivity index (χ0v) is 8.72. The van der Waals surface area contributed by atoms with Gasteiger partial charge in [0.25, 0.3) is 0 Å². The number of benzene rings is 1. The summed E-state index contributed by atoms with van der Waals surface area (Å²) in [5.74, 6) is -1.70. The molecular weight excluding hydrogens is 198 g/mol. The average molecular weight is 212 g/mol. The van der Waals surface area contributed by atoms with Gasteiger partial charge in [-0.3, -0.25) is 4.79 Å². The molecule has 0 aliphatic carbocycles. The van der Waals surface area contributed by atoms with Gasteiger partial charge in [-0.05, 0) is 24.1 Å². The third-order valence-corrected chi connectivity index (χ3v) is 2.19. The predicted octanol–water partition coefficient (Wildman–Crippen LogP) is 3.27. The summed E-state index contributed by atoms with van der Waals surface area (Å²) in [6.45, 7) is 2.00. The zero-order valence-electron chi connectivity index (χ0n) is 8.72. The Hall–Kier alpha value is -1.25. The summed E-state index contributed by atoms with van der Waals surface area (Å²) in [6.07, 6.45) is 2.51. The van der Waals surface area contributed by atoms with Crippen molar-refractivity contribution in [3.8, 4) is 0 Å². The standard InChI is InChI=1S/C12H14F2O/c1-2-3-4-10(15)7-9-5-6-11(13)12(14)8-9/h5-6,8H,2-4,7H2,1H3. The molecule has 3 heteroatoms. The fraction of sp³-hybridized carbons (Fsp3) is 0.417. The van der Waals surface area contributed by atoms with Crippen LogP contribution in [0.5, 0.6) is 0 Å². The smallest absolute Gasteiger partial charge is 0.159 e. The van der Waals surface area contributed by atoms with Crippen molar-refractivity contribution in [2.45, 2.75) is 32.6 Å². The molecular formula is C12H14F2O. The normalized spacial score (nSPS) is 10.3. The quantitative estimate of drug-likeness (QED) is 0.732. The number of halogens is 2. The molecule has 0 unspecified atom stereocenters. The summed E-state index contributed by atoms with van der Waals surface area (Å²) in [5, 5.41) is 0. The van der Waals surface area contributed by atoms with Crippen molar-refractivity contribution in [1.29, 1.82) is 0 Å². The van der Waals surface area contributed by atoms with E-state index >= 15 is 0 Å². The lowest BCUT2D eigenvalue weighted by Crippen LogP contribution is -2.03. The van der Waals surface area contributed by atoms with Crippen LogP contribution in [0.3, 0.4) is 0 Å². The van der Waals surface area contributed by atoms with E-state index in [1.54, 1.807) is 0 Å². The van der Waals surface area contributed by atoms with Crippen LogP contribution in [0.4, 0.5) is 8.78 Å². The SMILES string of the molecule is CCCCC(=O)Cc1ccc(F)c(F)c1. The summed E-state index contributed by atoms with van der Waals surface area (Å²) >= 11 is 0. The molecule has 0 radical (unpaired) electrons. The molecule has 0 bridgehead atoms. The highest BCUT2D eigenvalue weighted by Gasteiger charge is 2.06. The molecule has 1 nitrogen and oxygen atoms in total. The summed E-state index contributed by atoms with van der Waals surface area (Å²) in [4.78, 5) is 11.4. The summed E-state index contributed by atoms with van der Waals surface area (Å²) < 4.78 is 25.4. The van der Waals surface area contributed by atoms with E-state index in [-0.39, 0.29) is 12.2 Å². The van der Waals surface area contributed by atoms with Gasteiger partial charge in [0, 0.05) is 12.8 Å². The Morgan fingerprint density at radius 3 is 2.60 bits per heavy atom. The molecule has 15 heavy (non-hydrogen) atoms. The van der Waals surface area contributed by atoms with Crippen LogP contribution in [0.2, 0.25) is 0 Å². The van der Waals surface area contributed by atoms with Crippen LogP contribution in [-0.2, 0) is 11.2 Å². The topological polar surface area (TPSA) is 17.1 Å². The predicted molar refractivity (Wildman–Crippen MR) is 54.6 cm³/mol. The van der Waals surface area contributed by atoms with Crippen LogP contribution < -0.4 is 0 Å². The molecule has 1 aromatic rings. The summed E-state index contributed by atoms with van der Waals surface area (Å²) in [5.41, 5.74) is 0.537. The molecule has 0 saturated carbocycles. The molecule has 0 fully saturated rings. The molecule has 0 heterocycles. The Bertz CT molecular complexity index is 347. The highest BCUT2D eigenvalue weighted by Crippen LogP contribution is 2.10. The average Bonchev–Trinajstić information content (AvgIpc) is 2.20. The zero-order chi connectivity index (χ0) is 11.3. The molecule has 0 amide bonds. The highest BCUT2D eigenvalue weighted by molar-refractivity contribution is 5.80. The molecule has 82 valence electrons. The van der Waals surface area contributed by atoms with E-state index in [0.29, 0.717) is 12.0 Å². The van der Waals surface area contributed by atoms with Gasteiger partial charge in [-0.25, -0.2) is 8.78 Å². The van der Waals surface area contributed by atoms with E-state index in [4.69, 9.17) is 0 Å². The van der Waals surface area contributed by atoms with Gasteiger partial charge in [-0.1, -0.05) is 19.4 Å². The number of hydrogen-bond acceptors (Lipinski definition) is 1. The lowest BCUT2D eigenvalue weighted by Gasteiger charge is -2.01. The van der Waals surface area contributed by atoms with Gasteiger partial charge >= 0.3 is 0 Å². The molecule has 0 aliphatic rings. The van der Waals surface area contributed by atoms with Gasteiger partial charge in [-0.15, -0.1) is 0 Å². The van der Waals surface area contributed by atoms with E-state index in [1.165, 1.54) is 6.07 Å². The second-order valence-corrected chi connectivity index (χ2v) is 3.57. The number of unbranched alkanes of at least 4 members (excludes halogenated alkanes) is 1. The number of Topliss-reactive ketones (excluding diaryl/α,β-unsaturated/α-hetero) is 1. The lowest BCUT2D eigenvalue weighted by molar-refractivity contribution is -0.118. The van der Waals surface area contributed by atoms with E-state index in [0.717, 1.165) is 25.0 Å². The minimum absolute atomic E-state index is 0.0721. The molecule has 1 aromatic carbocycles. The number of carbonyl (C=O) groups is 1. The van der Waals surface area contributed by atoms with Crippen LogP contribution in [0, 0.1) is 11.6 Å². The van der Waals surface area contributed by atoms with Crippen LogP contribution in [-0.4, -0.2) is 5.78 Å². The van der Waals surface area contributed by atoms with Crippen molar-refractivity contribution in [3.05, 3.63) is 35.4 Å². The Kier molecular flexibility index (Phi) is 4.40. The van der Waals surface area contributed by atoms with Crippen LogP contribution in [0.15, 0.2) is 18.2 Å². The first-order chi connectivity index (χ1) is 7.13. The summed E-state index contributed by atoms with van der Waals surface area (Å²) in [7, 11) is 0. The molecule has 0 saturated heterocycles. The Balaban J connectivity index is 2.57. The monoisotopic (exact) mass is 212 g/mol. The molecule has 0 N–H and O–H groups in total. The second kappa shape index (κ2) is 5.59. The van der Waals surface area contributed by atoms with Crippen molar-refractivity contribution in [3.63, 3.8) is 0 Å². The Labute approximate surface area is 88.1 Å². The third kappa shape index (κ3) is 3.78. The first-order valence-corrected chi connectivity index (χ1v) is 5.09. The first-order valence-electron chi connectivity index (χ1n) is 5.09. The fourth-order valence-corrected chi connectivity index (χ4v) is 1.34.